The highest BCUT2D eigenvalue weighted by Gasteiger charge is 2.42. The molecule has 0 saturated heterocycles. The van der Waals surface area contributed by atoms with E-state index in [0.717, 1.165) is 33.2 Å². The molecular weight excluding hydrogens is 248 g/mol. The lowest BCUT2D eigenvalue weighted by atomic mass is 10.1. The Morgan fingerprint density at radius 2 is 1.93 bits per heavy atom. The molecular formula is C11H13ClOS2. The predicted octanol–water partition coefficient (Wildman–Crippen LogP) is 3.77. The van der Waals surface area contributed by atoms with Gasteiger partial charge in [-0.25, -0.2) is 0 Å². The minimum Gasteiger partial charge on any atom is -0.385 e. The topological polar surface area (TPSA) is 20.2 Å². The molecule has 0 spiro atoms. The standard InChI is InChI=1S/C11H13ClOS2/c1-14-9-6-7(11(13)3-4-11)5-8(12)10(9)15-2/h5-6,13H,3-4H2,1-2H3. The van der Waals surface area contributed by atoms with Crippen LogP contribution in [0.4, 0.5) is 0 Å². The van der Waals surface area contributed by atoms with Crippen LogP contribution >= 0.6 is 35.1 Å². The Morgan fingerprint density at radius 1 is 1.27 bits per heavy atom. The quantitative estimate of drug-likeness (QED) is 0.836. The van der Waals surface area contributed by atoms with E-state index in [0.29, 0.717) is 0 Å². The molecule has 0 atom stereocenters. The van der Waals surface area contributed by atoms with E-state index in [2.05, 4.69) is 6.07 Å². The van der Waals surface area contributed by atoms with E-state index in [1.54, 1.807) is 23.5 Å². The van der Waals surface area contributed by atoms with Gasteiger partial charge in [-0.05, 0) is 43.0 Å². The van der Waals surface area contributed by atoms with Gasteiger partial charge in [-0.15, -0.1) is 23.5 Å². The number of thioether (sulfide) groups is 2. The van der Waals surface area contributed by atoms with Crippen LogP contribution in [0.3, 0.4) is 0 Å². The Morgan fingerprint density at radius 3 is 2.40 bits per heavy atom. The summed E-state index contributed by atoms with van der Waals surface area (Å²) in [6.07, 6.45) is 5.77. The van der Waals surface area contributed by atoms with E-state index in [9.17, 15) is 5.11 Å². The van der Waals surface area contributed by atoms with Gasteiger partial charge < -0.3 is 5.11 Å². The zero-order chi connectivity index (χ0) is 11.1. The first-order valence-electron chi connectivity index (χ1n) is 4.75. The number of hydrogen-bond acceptors (Lipinski definition) is 3. The van der Waals surface area contributed by atoms with Gasteiger partial charge in [0, 0.05) is 9.79 Å². The van der Waals surface area contributed by atoms with Crippen LogP contribution in [0.25, 0.3) is 0 Å². The SMILES string of the molecule is CSc1cc(C2(O)CC2)cc(Cl)c1SC. The maximum atomic E-state index is 10.0. The number of rotatable bonds is 3. The van der Waals surface area contributed by atoms with Crippen molar-refractivity contribution in [3.05, 3.63) is 22.7 Å². The minimum atomic E-state index is -0.592. The van der Waals surface area contributed by atoms with Crippen molar-refractivity contribution in [2.75, 3.05) is 12.5 Å². The maximum absolute atomic E-state index is 10.0. The largest absolute Gasteiger partial charge is 0.385 e. The Kier molecular flexibility index (Phi) is 3.27. The Bertz CT molecular complexity index is 388. The lowest BCUT2D eigenvalue weighted by Crippen LogP contribution is -2.04. The summed E-state index contributed by atoms with van der Waals surface area (Å²) in [7, 11) is 0. The monoisotopic (exact) mass is 260 g/mol. The van der Waals surface area contributed by atoms with Crippen LogP contribution in [-0.2, 0) is 5.60 Å². The van der Waals surface area contributed by atoms with Crippen LogP contribution in [0.1, 0.15) is 18.4 Å². The molecule has 0 amide bonds. The van der Waals surface area contributed by atoms with Crippen LogP contribution < -0.4 is 0 Å². The fourth-order valence-electron chi connectivity index (χ4n) is 1.59. The number of aliphatic hydroxyl groups is 1. The second-order valence-corrected chi connectivity index (χ2v) is 5.80. The molecule has 0 radical (unpaired) electrons. The van der Waals surface area contributed by atoms with E-state index in [1.807, 2.05) is 18.6 Å². The van der Waals surface area contributed by atoms with E-state index >= 15 is 0 Å². The van der Waals surface area contributed by atoms with Crippen LogP contribution in [0, 0.1) is 0 Å². The predicted molar refractivity (Wildman–Crippen MR) is 68.1 cm³/mol. The van der Waals surface area contributed by atoms with Gasteiger partial charge in [0.15, 0.2) is 0 Å². The average Bonchev–Trinajstić information content (AvgIpc) is 2.96. The number of hydrogen-bond donors (Lipinski definition) is 1. The van der Waals surface area contributed by atoms with Crippen LogP contribution in [0.2, 0.25) is 5.02 Å². The van der Waals surface area contributed by atoms with Gasteiger partial charge in [-0.1, -0.05) is 11.6 Å². The van der Waals surface area contributed by atoms with Gasteiger partial charge in [0.05, 0.1) is 10.6 Å². The van der Waals surface area contributed by atoms with Crippen molar-refractivity contribution in [1.29, 1.82) is 0 Å². The molecule has 1 aromatic carbocycles. The molecule has 1 N–H and O–H groups in total. The summed E-state index contributed by atoms with van der Waals surface area (Å²) in [4.78, 5) is 2.27. The number of benzene rings is 1. The van der Waals surface area contributed by atoms with Crippen LogP contribution in [0.15, 0.2) is 21.9 Å². The smallest absolute Gasteiger partial charge is 0.0899 e. The first kappa shape index (κ1) is 11.6. The van der Waals surface area contributed by atoms with E-state index in [4.69, 9.17) is 11.6 Å². The molecule has 82 valence electrons. The molecule has 0 aliphatic heterocycles. The van der Waals surface area contributed by atoms with E-state index < -0.39 is 5.60 Å². The van der Waals surface area contributed by atoms with Crippen molar-refractivity contribution in [3.63, 3.8) is 0 Å². The molecule has 2 rings (SSSR count). The van der Waals surface area contributed by atoms with Gasteiger partial charge in [0.25, 0.3) is 0 Å². The summed E-state index contributed by atoms with van der Waals surface area (Å²) in [5.41, 5.74) is 0.375. The first-order valence-corrected chi connectivity index (χ1v) is 7.58. The molecule has 1 nitrogen and oxygen atoms in total. The second kappa shape index (κ2) is 4.21. The zero-order valence-electron chi connectivity index (χ0n) is 8.71. The summed E-state index contributed by atoms with van der Waals surface area (Å²) in [6.45, 7) is 0. The summed E-state index contributed by atoms with van der Waals surface area (Å²) in [6, 6.07) is 3.97. The van der Waals surface area contributed by atoms with Crippen molar-refractivity contribution in [3.8, 4) is 0 Å². The third kappa shape index (κ3) is 2.16. The minimum absolute atomic E-state index is 0.592. The Labute approximate surface area is 104 Å². The summed E-state index contributed by atoms with van der Waals surface area (Å²) < 4.78 is 0. The summed E-state index contributed by atoms with van der Waals surface area (Å²) in [5.74, 6) is 0. The third-order valence-electron chi connectivity index (χ3n) is 2.69. The summed E-state index contributed by atoms with van der Waals surface area (Å²) in [5, 5.41) is 10.8. The Hall–Kier alpha value is 0.170. The normalized spacial score (nSPS) is 17.9. The van der Waals surface area contributed by atoms with Crippen LogP contribution in [-0.4, -0.2) is 17.6 Å². The molecule has 1 fully saturated rings. The summed E-state index contributed by atoms with van der Waals surface area (Å²) >= 11 is 9.53. The lowest BCUT2D eigenvalue weighted by Gasteiger charge is -2.13. The molecule has 1 aliphatic rings. The third-order valence-corrected chi connectivity index (χ3v) is 4.84. The average molecular weight is 261 g/mol. The second-order valence-electron chi connectivity index (χ2n) is 3.73. The molecule has 0 bridgehead atoms. The highest BCUT2D eigenvalue weighted by molar-refractivity contribution is 8.01. The van der Waals surface area contributed by atoms with Gasteiger partial charge >= 0.3 is 0 Å². The molecule has 1 aliphatic carbocycles. The molecule has 15 heavy (non-hydrogen) atoms. The lowest BCUT2D eigenvalue weighted by molar-refractivity contribution is 0.151. The van der Waals surface area contributed by atoms with Crippen molar-refractivity contribution in [2.24, 2.45) is 0 Å². The Balaban J connectivity index is 2.48. The molecule has 0 heterocycles. The fourth-order valence-corrected chi connectivity index (χ4v) is 3.65. The van der Waals surface area contributed by atoms with Gasteiger partial charge in [0.1, 0.15) is 0 Å². The highest BCUT2D eigenvalue weighted by Crippen LogP contribution is 2.48. The highest BCUT2D eigenvalue weighted by atomic mass is 35.5. The molecule has 0 unspecified atom stereocenters. The fraction of sp³-hybridized carbons (Fsp3) is 0.455. The molecule has 1 aromatic rings. The molecule has 0 aromatic heterocycles. The van der Waals surface area contributed by atoms with Crippen molar-refractivity contribution < 1.29 is 5.11 Å². The van der Waals surface area contributed by atoms with Gasteiger partial charge in [0.2, 0.25) is 0 Å². The molecule has 4 heteroatoms. The number of halogens is 1. The van der Waals surface area contributed by atoms with Crippen molar-refractivity contribution in [2.45, 2.75) is 28.2 Å². The van der Waals surface area contributed by atoms with Crippen LogP contribution in [0.5, 0.6) is 0 Å². The van der Waals surface area contributed by atoms with Crippen molar-refractivity contribution >= 4 is 35.1 Å². The van der Waals surface area contributed by atoms with Gasteiger partial charge in [-0.2, -0.15) is 0 Å². The van der Waals surface area contributed by atoms with E-state index in [1.165, 1.54) is 0 Å². The van der Waals surface area contributed by atoms with E-state index in [-0.39, 0.29) is 0 Å². The first-order chi connectivity index (χ1) is 7.10. The van der Waals surface area contributed by atoms with Crippen molar-refractivity contribution in [1.82, 2.24) is 0 Å². The van der Waals surface area contributed by atoms with Gasteiger partial charge in [-0.3, -0.25) is 0 Å². The zero-order valence-corrected chi connectivity index (χ0v) is 11.1. The molecule has 1 saturated carbocycles. The maximum Gasteiger partial charge on any atom is 0.0899 e.